The number of nitrogens with one attached hydrogen (secondary N) is 2. The minimum absolute atomic E-state index is 0.118. The van der Waals surface area contributed by atoms with Gasteiger partial charge in [-0.2, -0.15) is 0 Å². The molecule has 7 atom stereocenters. The number of aliphatic hydroxyl groups excluding tert-OH is 1. The zero-order valence-corrected chi connectivity index (χ0v) is 19.5. The van der Waals surface area contributed by atoms with E-state index in [0.717, 1.165) is 19.4 Å². The van der Waals surface area contributed by atoms with Gasteiger partial charge in [0.2, 0.25) is 0 Å². The molecule has 2 fully saturated rings. The van der Waals surface area contributed by atoms with Gasteiger partial charge in [-0.25, -0.2) is 0 Å². The van der Waals surface area contributed by atoms with Crippen molar-refractivity contribution < 1.29 is 29.3 Å². The van der Waals surface area contributed by atoms with Gasteiger partial charge in [0.15, 0.2) is 0 Å². The Kier molecular flexibility index (Phi) is 4.51. The molecule has 1 aromatic rings. The summed E-state index contributed by atoms with van der Waals surface area (Å²) in [7, 11) is 0. The second-order valence-corrected chi connectivity index (χ2v) is 10.2. The van der Waals surface area contributed by atoms with Gasteiger partial charge in [-0.05, 0) is 0 Å². The van der Waals surface area contributed by atoms with Crippen LogP contribution in [0.2, 0.25) is 0 Å². The van der Waals surface area contributed by atoms with Gasteiger partial charge in [0.05, 0.1) is 0 Å². The molecule has 5 rings (SSSR count). The Morgan fingerprint density at radius 3 is 3.00 bits per heavy atom. The summed E-state index contributed by atoms with van der Waals surface area (Å²) in [4.78, 5) is 19.7. The van der Waals surface area contributed by atoms with Gasteiger partial charge in [0.25, 0.3) is 0 Å². The predicted molar refractivity (Wildman–Crippen MR) is 106 cm³/mol. The molecule has 0 radical (unpaired) electrons. The molecule has 1 saturated heterocycles. The number of hydrogen-bond donors (Lipinski definition) is 7. The fourth-order valence-corrected chi connectivity index (χ4v) is 6.85. The normalized spacial score (nSPS) is 40.4. The number of nitrogens with zero attached hydrogens (tertiary/aromatic N) is 3. The first-order chi connectivity index (χ1) is 14.2. The summed E-state index contributed by atoms with van der Waals surface area (Å²) in [6.07, 6.45) is 0.587. The molecule has 30 heavy (non-hydrogen) atoms. The standard InChI is InChI=1S/C17H23ClN9O2.W/c18-12-7(4-19)8-5-27-14(29)9-2-1-3-26(9)17(22)16(27,24-15(21)25-17)11(8)10(12)13(28)23-6-20;/h1-3,7-8,11-13,23,28H,4-5,19-20,22H2,(H3,21,24,25);/q-1;/t7-,8+,11+,12-,13+,16?,17-;/m0./s1. The summed E-state index contributed by atoms with van der Waals surface area (Å²) >= 11 is 7.82. The molecule has 1 saturated carbocycles. The Bertz CT molecular complexity index is 971. The fraction of sp³-hybridized carbons (Fsp3) is 0.529. The van der Waals surface area contributed by atoms with E-state index in [1.165, 1.54) is 0 Å². The number of carbonyl (C=O) groups excluding carboxylic acids is 1. The van der Waals surface area contributed by atoms with Crippen LogP contribution in [-0.2, 0) is 25.1 Å². The molecular weight excluding hydrogens is 582 g/mol. The first-order valence-electron chi connectivity index (χ1n) is 9.54. The average molecular weight is 605 g/mol. The number of alkyl halides is 1. The molecule has 4 heterocycles. The van der Waals surface area contributed by atoms with Gasteiger partial charge >= 0.3 is 189 Å². The SMILES string of the molecule is NC[C@H]1[C@H]2CN3C(=O)c4cccn4[C@@]4(N)N=C(N)NC34[C@H]2[C-]([C@@H](O)N[C](N)=[W])[C@H]1Cl. The van der Waals surface area contributed by atoms with Crippen molar-refractivity contribution in [3.05, 3.63) is 29.9 Å². The number of fused-ring (bicyclic) bond motifs is 3. The summed E-state index contributed by atoms with van der Waals surface area (Å²) in [6.45, 7) is 0.655. The Hall–Kier alpha value is -1.33. The van der Waals surface area contributed by atoms with Crippen molar-refractivity contribution in [2.24, 2.45) is 45.7 Å². The molecule has 13 heteroatoms. The van der Waals surface area contributed by atoms with E-state index in [0.29, 0.717) is 28.8 Å². The maximum atomic E-state index is 13.5. The zero-order valence-electron chi connectivity index (χ0n) is 15.8. The third kappa shape index (κ3) is 2.29. The number of aliphatic hydroxyl groups is 1. The molecule has 4 aliphatic rings. The van der Waals surface area contributed by atoms with E-state index in [-0.39, 0.29) is 23.7 Å². The molecule has 1 amide bonds. The number of hydrogen-bond acceptors (Lipinski definition) is 9. The summed E-state index contributed by atoms with van der Waals surface area (Å²) in [5.41, 5.74) is 24.2. The monoisotopic (exact) mass is 604 g/mol. The average Bonchev–Trinajstić information content (AvgIpc) is 3.37. The molecule has 1 aliphatic carbocycles. The van der Waals surface area contributed by atoms with Crippen LogP contribution in [0, 0.1) is 23.7 Å². The zero-order chi connectivity index (χ0) is 21.6. The van der Waals surface area contributed by atoms with Gasteiger partial charge in [0, 0.05) is 0 Å². The molecule has 1 unspecified atom stereocenters. The number of aromatic nitrogens is 1. The van der Waals surface area contributed by atoms with Crippen molar-refractivity contribution in [2.45, 2.75) is 23.1 Å². The van der Waals surface area contributed by atoms with E-state index in [4.69, 9.17) is 34.5 Å². The van der Waals surface area contributed by atoms with Gasteiger partial charge in [0.1, 0.15) is 0 Å². The van der Waals surface area contributed by atoms with Crippen LogP contribution in [0.1, 0.15) is 10.5 Å². The third-order valence-corrected chi connectivity index (χ3v) is 7.92. The summed E-state index contributed by atoms with van der Waals surface area (Å²) in [5.74, 6) is -1.68. The van der Waals surface area contributed by atoms with Gasteiger partial charge in [-0.3, -0.25) is 0 Å². The second kappa shape index (κ2) is 6.58. The molecule has 1 spiro atoms. The van der Waals surface area contributed by atoms with Crippen molar-refractivity contribution in [2.75, 3.05) is 13.1 Å². The topological polar surface area (TPSA) is 186 Å². The number of guanidine groups is 1. The quantitative estimate of drug-likeness (QED) is 0.106. The van der Waals surface area contributed by atoms with Crippen LogP contribution < -0.4 is 33.6 Å². The van der Waals surface area contributed by atoms with Crippen LogP contribution in [0.25, 0.3) is 0 Å². The summed E-state index contributed by atoms with van der Waals surface area (Å²) < 4.78 is 2.06. The molecule has 11 nitrogen and oxygen atoms in total. The first-order valence-corrected chi connectivity index (χ1v) is 11.4. The molecule has 1 aromatic heterocycles. The van der Waals surface area contributed by atoms with E-state index in [2.05, 4.69) is 15.6 Å². The van der Waals surface area contributed by atoms with Crippen molar-refractivity contribution in [3.8, 4) is 0 Å². The minimum atomic E-state index is -1.42. The number of nitrogens with two attached hydrogens (primary N) is 4. The Labute approximate surface area is 188 Å². The number of halogens is 1. The fourth-order valence-electron chi connectivity index (χ4n) is 5.91. The van der Waals surface area contributed by atoms with Crippen molar-refractivity contribution >= 4 is 27.6 Å². The van der Waals surface area contributed by atoms with Gasteiger partial charge in [-0.15, -0.1) is 0 Å². The molecule has 11 N–H and O–H groups in total. The van der Waals surface area contributed by atoms with Crippen LogP contribution in [0.3, 0.4) is 0 Å². The van der Waals surface area contributed by atoms with E-state index in [1.807, 2.05) is 0 Å². The van der Waals surface area contributed by atoms with Gasteiger partial charge in [-0.1, -0.05) is 0 Å². The van der Waals surface area contributed by atoms with Crippen molar-refractivity contribution in [1.29, 1.82) is 0 Å². The first kappa shape index (κ1) is 20.6. The third-order valence-electron chi connectivity index (χ3n) is 6.92. The Morgan fingerprint density at radius 1 is 1.60 bits per heavy atom. The Morgan fingerprint density at radius 2 is 2.33 bits per heavy atom. The Balaban J connectivity index is 1.71. The number of amides is 1. The number of aliphatic imine (C=N–C) groups is 1. The molecule has 0 aromatic carbocycles. The van der Waals surface area contributed by atoms with E-state index >= 15 is 0 Å². The summed E-state index contributed by atoms with van der Waals surface area (Å²) in [5, 5.41) is 16.6. The van der Waals surface area contributed by atoms with Crippen LogP contribution in [0.15, 0.2) is 23.3 Å². The predicted octanol–water partition coefficient (Wildman–Crippen LogP) is -3.36. The molecule has 0 bridgehead atoms. The van der Waals surface area contributed by atoms with E-state index in [1.54, 1.807) is 27.8 Å². The van der Waals surface area contributed by atoms with Gasteiger partial charge < -0.3 is 0 Å². The van der Waals surface area contributed by atoms with Crippen LogP contribution in [0.5, 0.6) is 0 Å². The van der Waals surface area contributed by atoms with E-state index < -0.39 is 29.0 Å². The maximum absolute atomic E-state index is 13.5. The number of carbonyl (C=O) groups is 1. The van der Waals surface area contributed by atoms with Crippen LogP contribution in [0.4, 0.5) is 0 Å². The van der Waals surface area contributed by atoms with Crippen molar-refractivity contribution in [3.63, 3.8) is 0 Å². The number of rotatable bonds is 4. The van der Waals surface area contributed by atoms with E-state index in [9.17, 15) is 9.90 Å². The van der Waals surface area contributed by atoms with Crippen molar-refractivity contribution in [1.82, 2.24) is 20.1 Å². The van der Waals surface area contributed by atoms with Crippen LogP contribution >= 0.6 is 11.6 Å². The molecule has 162 valence electrons. The summed E-state index contributed by atoms with van der Waals surface area (Å²) in [6, 6.07) is 3.46. The second-order valence-electron chi connectivity index (χ2n) is 8.15. The van der Waals surface area contributed by atoms with Crippen LogP contribution in [-0.4, -0.2) is 60.9 Å². The molecular formula is C17H23ClN9O2W-. The molecule has 3 aliphatic heterocycles.